The van der Waals surface area contributed by atoms with Crippen molar-refractivity contribution in [1.29, 1.82) is 0 Å². The van der Waals surface area contributed by atoms with Crippen molar-refractivity contribution >= 4 is 0 Å². The summed E-state index contributed by atoms with van der Waals surface area (Å²) >= 11 is 0. The number of aryl methyl sites for hydroxylation is 2. The van der Waals surface area contributed by atoms with Crippen LogP contribution >= 0.6 is 0 Å². The first-order chi connectivity index (χ1) is 9.56. The van der Waals surface area contributed by atoms with Crippen molar-refractivity contribution in [1.82, 2.24) is 0 Å². The number of nitrogens with two attached hydrogens (primary N) is 1. The third-order valence-corrected chi connectivity index (χ3v) is 3.79. The molecular formula is C17H27NO2. The molecule has 1 aliphatic heterocycles. The first kappa shape index (κ1) is 15.3. The topological polar surface area (TPSA) is 44.5 Å². The molecule has 112 valence electrons. The van der Waals surface area contributed by atoms with Gasteiger partial charge in [0.15, 0.2) is 0 Å². The van der Waals surface area contributed by atoms with E-state index in [9.17, 15) is 0 Å². The second-order valence-corrected chi connectivity index (χ2v) is 6.01. The Labute approximate surface area is 122 Å². The molecule has 1 aromatic rings. The lowest BCUT2D eigenvalue weighted by atomic mass is 10.0. The van der Waals surface area contributed by atoms with Crippen LogP contribution in [0.5, 0.6) is 5.75 Å². The summed E-state index contributed by atoms with van der Waals surface area (Å²) in [4.78, 5) is 0. The second-order valence-electron chi connectivity index (χ2n) is 6.01. The minimum atomic E-state index is 0.195. The van der Waals surface area contributed by atoms with Crippen LogP contribution in [0.15, 0.2) is 12.1 Å². The van der Waals surface area contributed by atoms with Gasteiger partial charge in [-0.2, -0.15) is 0 Å². The summed E-state index contributed by atoms with van der Waals surface area (Å²) in [7, 11) is 0. The minimum Gasteiger partial charge on any atom is -0.493 e. The molecule has 0 bridgehead atoms. The minimum absolute atomic E-state index is 0.195. The van der Waals surface area contributed by atoms with Crippen molar-refractivity contribution in [3.63, 3.8) is 0 Å². The number of benzene rings is 1. The SMILES string of the molecule is Cc1cc(CC(C)N)cc(C)c1OCCC1CCCO1. The molecule has 2 rings (SSSR count). The molecule has 0 spiro atoms. The highest BCUT2D eigenvalue weighted by Gasteiger charge is 2.15. The lowest BCUT2D eigenvalue weighted by molar-refractivity contribution is 0.0901. The highest BCUT2D eigenvalue weighted by atomic mass is 16.5. The van der Waals surface area contributed by atoms with Gasteiger partial charge in [-0.15, -0.1) is 0 Å². The van der Waals surface area contributed by atoms with Gasteiger partial charge in [0.1, 0.15) is 5.75 Å². The number of hydrogen-bond acceptors (Lipinski definition) is 3. The molecule has 20 heavy (non-hydrogen) atoms. The second kappa shape index (κ2) is 7.09. The van der Waals surface area contributed by atoms with Crippen LogP contribution in [0.1, 0.15) is 42.9 Å². The Balaban J connectivity index is 1.93. The zero-order chi connectivity index (χ0) is 14.5. The van der Waals surface area contributed by atoms with Gasteiger partial charge < -0.3 is 15.2 Å². The Morgan fingerprint density at radius 1 is 1.35 bits per heavy atom. The first-order valence-electron chi connectivity index (χ1n) is 7.66. The Morgan fingerprint density at radius 2 is 2.05 bits per heavy atom. The van der Waals surface area contributed by atoms with E-state index in [0.29, 0.717) is 6.10 Å². The molecule has 1 saturated heterocycles. The van der Waals surface area contributed by atoms with E-state index in [-0.39, 0.29) is 6.04 Å². The highest BCUT2D eigenvalue weighted by Crippen LogP contribution is 2.26. The molecule has 0 saturated carbocycles. The van der Waals surface area contributed by atoms with Crippen molar-refractivity contribution in [2.75, 3.05) is 13.2 Å². The maximum atomic E-state index is 5.98. The molecule has 2 unspecified atom stereocenters. The summed E-state index contributed by atoms with van der Waals surface area (Å²) in [5.74, 6) is 1.02. The van der Waals surface area contributed by atoms with E-state index in [4.69, 9.17) is 15.2 Å². The number of rotatable bonds is 6. The van der Waals surface area contributed by atoms with Crippen LogP contribution in [0.4, 0.5) is 0 Å². The zero-order valence-electron chi connectivity index (χ0n) is 12.9. The van der Waals surface area contributed by atoms with Crippen LogP contribution in [0.25, 0.3) is 0 Å². The lowest BCUT2D eigenvalue weighted by Crippen LogP contribution is -2.18. The number of ether oxygens (including phenoxy) is 2. The molecule has 0 amide bonds. The van der Waals surface area contributed by atoms with Crippen LogP contribution in [0.3, 0.4) is 0 Å². The van der Waals surface area contributed by atoms with Gasteiger partial charge in [0, 0.05) is 19.1 Å². The van der Waals surface area contributed by atoms with Gasteiger partial charge in [0.2, 0.25) is 0 Å². The molecule has 1 fully saturated rings. The summed E-state index contributed by atoms with van der Waals surface area (Å²) in [6.45, 7) is 7.91. The Hall–Kier alpha value is -1.06. The predicted octanol–water partition coefficient (Wildman–Crippen LogP) is 3.14. The van der Waals surface area contributed by atoms with Crippen molar-refractivity contribution in [3.05, 3.63) is 28.8 Å². The lowest BCUT2D eigenvalue weighted by Gasteiger charge is -2.16. The van der Waals surface area contributed by atoms with E-state index in [1.807, 2.05) is 6.92 Å². The summed E-state index contributed by atoms with van der Waals surface area (Å²) in [5, 5.41) is 0. The summed E-state index contributed by atoms with van der Waals surface area (Å²) in [6.07, 6.45) is 4.66. The van der Waals surface area contributed by atoms with Gasteiger partial charge >= 0.3 is 0 Å². The van der Waals surface area contributed by atoms with Crippen LogP contribution < -0.4 is 10.5 Å². The molecular weight excluding hydrogens is 250 g/mol. The van der Waals surface area contributed by atoms with Crippen molar-refractivity contribution < 1.29 is 9.47 Å². The fraction of sp³-hybridized carbons (Fsp3) is 0.647. The summed E-state index contributed by atoms with van der Waals surface area (Å²) < 4.78 is 11.6. The normalized spacial score (nSPS) is 20.1. The highest BCUT2D eigenvalue weighted by molar-refractivity contribution is 5.43. The Bertz CT molecular complexity index is 414. The number of hydrogen-bond donors (Lipinski definition) is 1. The van der Waals surface area contributed by atoms with Crippen LogP contribution in [0, 0.1) is 13.8 Å². The molecule has 1 heterocycles. The monoisotopic (exact) mass is 277 g/mol. The average molecular weight is 277 g/mol. The standard InChI is InChI=1S/C17H27NO2/c1-12-9-15(11-14(3)18)10-13(2)17(12)20-8-6-16-5-4-7-19-16/h9-10,14,16H,4-8,11,18H2,1-3H3. The first-order valence-corrected chi connectivity index (χ1v) is 7.66. The van der Waals surface area contributed by atoms with E-state index in [0.717, 1.165) is 31.8 Å². The van der Waals surface area contributed by atoms with Gasteiger partial charge in [-0.05, 0) is 56.7 Å². The molecule has 3 heteroatoms. The zero-order valence-corrected chi connectivity index (χ0v) is 12.9. The average Bonchev–Trinajstić information content (AvgIpc) is 2.84. The van der Waals surface area contributed by atoms with Crippen molar-refractivity contribution in [2.45, 2.75) is 58.6 Å². The maximum absolute atomic E-state index is 5.98. The van der Waals surface area contributed by atoms with E-state index in [1.54, 1.807) is 0 Å². The van der Waals surface area contributed by atoms with Gasteiger partial charge in [0.25, 0.3) is 0 Å². The van der Waals surface area contributed by atoms with Crippen molar-refractivity contribution in [2.24, 2.45) is 5.73 Å². The maximum Gasteiger partial charge on any atom is 0.125 e. The molecule has 0 radical (unpaired) electrons. The molecule has 0 aromatic heterocycles. The fourth-order valence-electron chi connectivity index (χ4n) is 2.92. The van der Waals surface area contributed by atoms with E-state index >= 15 is 0 Å². The van der Waals surface area contributed by atoms with Gasteiger partial charge in [0.05, 0.1) is 12.7 Å². The van der Waals surface area contributed by atoms with Gasteiger partial charge in [-0.3, -0.25) is 0 Å². The van der Waals surface area contributed by atoms with E-state index in [2.05, 4.69) is 26.0 Å². The fourth-order valence-corrected chi connectivity index (χ4v) is 2.92. The summed E-state index contributed by atoms with van der Waals surface area (Å²) in [6, 6.07) is 4.58. The van der Waals surface area contributed by atoms with Gasteiger partial charge in [-0.25, -0.2) is 0 Å². The molecule has 2 N–H and O–H groups in total. The van der Waals surface area contributed by atoms with E-state index in [1.165, 1.54) is 29.5 Å². The molecule has 2 atom stereocenters. The van der Waals surface area contributed by atoms with Crippen molar-refractivity contribution in [3.8, 4) is 5.75 Å². The summed E-state index contributed by atoms with van der Waals surface area (Å²) in [5.41, 5.74) is 9.56. The smallest absolute Gasteiger partial charge is 0.125 e. The van der Waals surface area contributed by atoms with Gasteiger partial charge in [-0.1, -0.05) is 12.1 Å². The largest absolute Gasteiger partial charge is 0.493 e. The predicted molar refractivity (Wildman–Crippen MR) is 82.4 cm³/mol. The molecule has 3 nitrogen and oxygen atoms in total. The Morgan fingerprint density at radius 3 is 2.60 bits per heavy atom. The van der Waals surface area contributed by atoms with Crippen LogP contribution in [-0.4, -0.2) is 25.4 Å². The van der Waals surface area contributed by atoms with E-state index < -0.39 is 0 Å². The molecule has 0 aliphatic carbocycles. The molecule has 1 aromatic carbocycles. The Kier molecular flexibility index (Phi) is 5.44. The quantitative estimate of drug-likeness (QED) is 0.868. The third-order valence-electron chi connectivity index (χ3n) is 3.79. The molecule has 1 aliphatic rings. The third kappa shape index (κ3) is 4.22. The van der Waals surface area contributed by atoms with Crippen LogP contribution in [0.2, 0.25) is 0 Å². The van der Waals surface area contributed by atoms with Crippen LogP contribution in [-0.2, 0) is 11.2 Å².